The van der Waals surface area contributed by atoms with E-state index in [9.17, 15) is 9.59 Å². The summed E-state index contributed by atoms with van der Waals surface area (Å²) < 4.78 is 0. The van der Waals surface area contributed by atoms with Crippen molar-refractivity contribution < 1.29 is 4.79 Å². The van der Waals surface area contributed by atoms with Crippen molar-refractivity contribution in [3.05, 3.63) is 34.2 Å². The first-order chi connectivity index (χ1) is 7.15. The van der Waals surface area contributed by atoms with Crippen molar-refractivity contribution in [3.8, 4) is 0 Å². The quantitative estimate of drug-likeness (QED) is 0.630. The van der Waals surface area contributed by atoms with Crippen LogP contribution in [0.1, 0.15) is 23.2 Å². The molecule has 1 saturated carbocycles. The number of hydrogen-bond donors (Lipinski definition) is 3. The number of carbonyl (C=O) groups is 1. The van der Waals surface area contributed by atoms with Crippen LogP contribution in [-0.4, -0.2) is 23.0 Å². The van der Waals surface area contributed by atoms with E-state index < -0.39 is 0 Å². The van der Waals surface area contributed by atoms with E-state index in [4.69, 9.17) is 5.73 Å². The summed E-state index contributed by atoms with van der Waals surface area (Å²) in [6.07, 6.45) is 3.29. The number of nitrogens with two attached hydrogens (primary N) is 1. The molecule has 0 bridgehead atoms. The number of hydrogen-bond acceptors (Lipinski definition) is 3. The van der Waals surface area contributed by atoms with E-state index in [0.717, 1.165) is 12.8 Å². The molecule has 0 unspecified atom stereocenters. The van der Waals surface area contributed by atoms with Gasteiger partial charge in [0, 0.05) is 24.4 Å². The fourth-order valence-electron chi connectivity index (χ4n) is 1.43. The first-order valence-corrected chi connectivity index (χ1v) is 4.87. The molecule has 0 spiro atoms. The molecule has 1 amide bonds. The Kier molecular flexibility index (Phi) is 2.32. The van der Waals surface area contributed by atoms with Crippen molar-refractivity contribution in [1.82, 2.24) is 10.3 Å². The van der Waals surface area contributed by atoms with Crippen LogP contribution in [0.15, 0.2) is 23.1 Å². The fraction of sp³-hybridized carbons (Fsp3) is 0.400. The van der Waals surface area contributed by atoms with E-state index in [1.807, 2.05) is 0 Å². The molecule has 1 fully saturated rings. The van der Waals surface area contributed by atoms with Gasteiger partial charge < -0.3 is 16.0 Å². The van der Waals surface area contributed by atoms with Gasteiger partial charge in [-0.1, -0.05) is 0 Å². The van der Waals surface area contributed by atoms with Crippen molar-refractivity contribution in [1.29, 1.82) is 0 Å². The summed E-state index contributed by atoms with van der Waals surface area (Å²) in [7, 11) is 0. The molecule has 15 heavy (non-hydrogen) atoms. The Hall–Kier alpha value is -1.62. The number of H-pyrrole nitrogens is 1. The van der Waals surface area contributed by atoms with E-state index in [0.29, 0.717) is 12.1 Å². The molecule has 0 atom stereocenters. The molecular weight excluding hydrogens is 194 g/mol. The highest BCUT2D eigenvalue weighted by atomic mass is 16.2. The molecule has 4 N–H and O–H groups in total. The normalized spacial score (nSPS) is 17.1. The maximum Gasteiger partial charge on any atom is 0.252 e. The highest BCUT2D eigenvalue weighted by molar-refractivity contribution is 5.94. The van der Waals surface area contributed by atoms with Gasteiger partial charge in [0.2, 0.25) is 5.56 Å². The first-order valence-electron chi connectivity index (χ1n) is 4.87. The number of aromatic amines is 1. The molecule has 1 aliphatic carbocycles. The monoisotopic (exact) mass is 207 g/mol. The number of aromatic nitrogens is 1. The molecule has 0 radical (unpaired) electrons. The van der Waals surface area contributed by atoms with Crippen LogP contribution < -0.4 is 16.6 Å². The Balaban J connectivity index is 2.12. The zero-order valence-corrected chi connectivity index (χ0v) is 8.25. The Morgan fingerprint density at radius 2 is 2.33 bits per heavy atom. The topological polar surface area (TPSA) is 88.0 Å². The average Bonchev–Trinajstić information content (AvgIpc) is 2.98. The van der Waals surface area contributed by atoms with Gasteiger partial charge in [-0.25, -0.2) is 0 Å². The summed E-state index contributed by atoms with van der Waals surface area (Å²) in [6.45, 7) is 0.446. The van der Waals surface area contributed by atoms with Crippen molar-refractivity contribution >= 4 is 5.91 Å². The summed E-state index contributed by atoms with van der Waals surface area (Å²) in [6, 6.07) is 2.85. The lowest BCUT2D eigenvalue weighted by molar-refractivity contribution is 0.0933. The molecule has 0 saturated heterocycles. The molecule has 1 aromatic rings. The lowest BCUT2D eigenvalue weighted by Crippen LogP contribution is -2.42. The lowest BCUT2D eigenvalue weighted by Gasteiger charge is -2.14. The minimum absolute atomic E-state index is 0.223. The fourth-order valence-corrected chi connectivity index (χ4v) is 1.43. The van der Waals surface area contributed by atoms with E-state index >= 15 is 0 Å². The minimum atomic E-state index is -0.278. The SMILES string of the molecule is NCC1(NC(=O)c2cc[nH]c(=O)c2)CC1. The Bertz CT molecular complexity index is 434. The van der Waals surface area contributed by atoms with Crippen LogP contribution in [0.3, 0.4) is 0 Å². The maximum atomic E-state index is 11.7. The molecule has 0 aliphatic heterocycles. The van der Waals surface area contributed by atoms with Gasteiger partial charge >= 0.3 is 0 Å². The Labute approximate surface area is 86.7 Å². The number of carbonyl (C=O) groups excluding carboxylic acids is 1. The third kappa shape index (κ3) is 2.07. The van der Waals surface area contributed by atoms with Crippen LogP contribution >= 0.6 is 0 Å². The highest BCUT2D eigenvalue weighted by Crippen LogP contribution is 2.34. The summed E-state index contributed by atoms with van der Waals surface area (Å²) in [4.78, 5) is 25.1. The molecule has 5 heteroatoms. The Morgan fingerprint density at radius 3 is 2.87 bits per heavy atom. The summed E-state index contributed by atoms with van der Waals surface area (Å²) >= 11 is 0. The molecule has 1 aliphatic rings. The second kappa shape index (κ2) is 3.51. The smallest absolute Gasteiger partial charge is 0.252 e. The number of rotatable bonds is 3. The molecule has 0 aromatic carbocycles. The predicted molar refractivity (Wildman–Crippen MR) is 55.5 cm³/mol. The average molecular weight is 207 g/mol. The van der Waals surface area contributed by atoms with Crippen LogP contribution in [0.4, 0.5) is 0 Å². The minimum Gasteiger partial charge on any atom is -0.345 e. The third-order valence-corrected chi connectivity index (χ3v) is 2.66. The van der Waals surface area contributed by atoms with Gasteiger partial charge in [-0.05, 0) is 18.9 Å². The maximum absolute atomic E-state index is 11.7. The van der Waals surface area contributed by atoms with Crippen molar-refractivity contribution in [3.63, 3.8) is 0 Å². The summed E-state index contributed by atoms with van der Waals surface area (Å²) in [5.74, 6) is -0.232. The zero-order valence-electron chi connectivity index (χ0n) is 8.25. The van der Waals surface area contributed by atoms with Gasteiger partial charge in [-0.2, -0.15) is 0 Å². The van der Waals surface area contributed by atoms with Crippen LogP contribution in [0.2, 0.25) is 0 Å². The van der Waals surface area contributed by atoms with Gasteiger partial charge in [0.05, 0.1) is 5.54 Å². The first kappa shape index (κ1) is 9.92. The molecule has 80 valence electrons. The van der Waals surface area contributed by atoms with Gasteiger partial charge in [0.1, 0.15) is 0 Å². The van der Waals surface area contributed by atoms with Crippen LogP contribution in [-0.2, 0) is 0 Å². The molecule has 2 rings (SSSR count). The number of amides is 1. The molecule has 1 heterocycles. The lowest BCUT2D eigenvalue weighted by atomic mass is 10.2. The van der Waals surface area contributed by atoms with Crippen LogP contribution in [0, 0.1) is 0 Å². The zero-order chi connectivity index (χ0) is 10.9. The van der Waals surface area contributed by atoms with Crippen molar-refractivity contribution in [2.75, 3.05) is 6.54 Å². The molecule has 5 nitrogen and oxygen atoms in total. The summed E-state index contributed by atoms with van der Waals surface area (Å²) in [5, 5.41) is 2.84. The summed E-state index contributed by atoms with van der Waals surface area (Å²) in [5.41, 5.74) is 5.42. The van der Waals surface area contributed by atoms with E-state index in [1.165, 1.54) is 12.3 Å². The van der Waals surface area contributed by atoms with Crippen LogP contribution in [0.5, 0.6) is 0 Å². The van der Waals surface area contributed by atoms with E-state index in [2.05, 4.69) is 10.3 Å². The largest absolute Gasteiger partial charge is 0.345 e. The van der Waals surface area contributed by atoms with Gasteiger partial charge in [-0.15, -0.1) is 0 Å². The Morgan fingerprint density at radius 1 is 1.60 bits per heavy atom. The molecule has 1 aromatic heterocycles. The van der Waals surface area contributed by atoms with E-state index in [-0.39, 0.29) is 17.0 Å². The second-order valence-corrected chi connectivity index (χ2v) is 3.88. The van der Waals surface area contributed by atoms with Crippen LogP contribution in [0.25, 0.3) is 0 Å². The van der Waals surface area contributed by atoms with Crippen molar-refractivity contribution in [2.45, 2.75) is 18.4 Å². The highest BCUT2D eigenvalue weighted by Gasteiger charge is 2.42. The third-order valence-electron chi connectivity index (χ3n) is 2.66. The van der Waals surface area contributed by atoms with Crippen molar-refractivity contribution in [2.24, 2.45) is 5.73 Å². The standard InChI is InChI=1S/C10H13N3O2/c11-6-10(2-3-10)13-9(15)7-1-4-12-8(14)5-7/h1,4-5H,2-3,6,11H2,(H,12,14)(H,13,15). The number of nitrogens with one attached hydrogen (secondary N) is 2. The van der Waals surface area contributed by atoms with Gasteiger partial charge in [0.15, 0.2) is 0 Å². The van der Waals surface area contributed by atoms with Gasteiger partial charge in [0.25, 0.3) is 5.91 Å². The molecular formula is C10H13N3O2. The van der Waals surface area contributed by atoms with Gasteiger partial charge in [-0.3, -0.25) is 9.59 Å². The number of pyridine rings is 1. The second-order valence-electron chi connectivity index (χ2n) is 3.88. The predicted octanol–water partition coefficient (Wildman–Crippen LogP) is -0.404. The van der Waals surface area contributed by atoms with E-state index in [1.54, 1.807) is 6.07 Å².